The van der Waals surface area contributed by atoms with Crippen molar-refractivity contribution in [1.29, 1.82) is 0 Å². The van der Waals surface area contributed by atoms with Crippen LogP contribution < -0.4 is 4.74 Å². The van der Waals surface area contributed by atoms with Gasteiger partial charge in [-0.1, -0.05) is 30.3 Å². The van der Waals surface area contributed by atoms with E-state index in [0.717, 1.165) is 52.7 Å². The molecule has 5 nitrogen and oxygen atoms in total. The van der Waals surface area contributed by atoms with Crippen LogP contribution >= 0.6 is 0 Å². The normalized spacial score (nSPS) is 12.6. The molecule has 0 fully saturated rings. The highest BCUT2D eigenvalue weighted by atomic mass is 16.5. The number of aryl methyl sites for hydroxylation is 2. The quantitative estimate of drug-likeness (QED) is 0.328. The highest BCUT2D eigenvalue weighted by Gasteiger charge is 2.18. The molecule has 0 saturated heterocycles. The molecule has 3 aromatic heterocycles. The lowest BCUT2D eigenvalue weighted by molar-refractivity contribution is 0.483. The van der Waals surface area contributed by atoms with Crippen LogP contribution in [0.15, 0.2) is 97.5 Å². The van der Waals surface area contributed by atoms with E-state index in [0.29, 0.717) is 0 Å². The fourth-order valence-corrected chi connectivity index (χ4v) is 4.90. The van der Waals surface area contributed by atoms with Crippen LogP contribution in [0.4, 0.5) is 0 Å². The molecule has 0 atom stereocenters. The molecular weight excluding hydrogens is 408 g/mol. The Kier molecular flexibility index (Phi) is 3.90. The van der Waals surface area contributed by atoms with Crippen LogP contribution in [0, 0.1) is 0 Å². The second-order valence-electron chi connectivity index (χ2n) is 8.33. The van der Waals surface area contributed by atoms with E-state index in [1.165, 1.54) is 16.3 Å². The van der Waals surface area contributed by atoms with Gasteiger partial charge in [0.05, 0.1) is 11.0 Å². The topological polar surface area (TPSA) is 44.9 Å². The highest BCUT2D eigenvalue weighted by molar-refractivity contribution is 6.09. The molecule has 0 unspecified atom stereocenters. The maximum Gasteiger partial charge on any atom is 0.140 e. The van der Waals surface area contributed by atoms with E-state index < -0.39 is 0 Å². The number of imidazole rings is 1. The largest absolute Gasteiger partial charge is 0.457 e. The lowest BCUT2D eigenvalue weighted by Crippen LogP contribution is -2.10. The summed E-state index contributed by atoms with van der Waals surface area (Å²) in [6.45, 7) is 0.970. The van der Waals surface area contributed by atoms with Gasteiger partial charge in [0.2, 0.25) is 0 Å². The molecule has 0 radical (unpaired) electrons. The predicted octanol–water partition coefficient (Wildman–Crippen LogP) is 6.39. The first-order chi connectivity index (χ1) is 16.3. The summed E-state index contributed by atoms with van der Waals surface area (Å²) in [7, 11) is 0. The zero-order valence-corrected chi connectivity index (χ0v) is 17.8. The molecular formula is C28H20N4O. The van der Waals surface area contributed by atoms with Crippen LogP contribution in [0.5, 0.6) is 11.5 Å². The van der Waals surface area contributed by atoms with Crippen LogP contribution in [0.3, 0.4) is 0 Å². The minimum Gasteiger partial charge on any atom is -0.457 e. The smallest absolute Gasteiger partial charge is 0.140 e. The van der Waals surface area contributed by atoms with Gasteiger partial charge in [-0.2, -0.15) is 0 Å². The third-order valence-corrected chi connectivity index (χ3v) is 6.42. The summed E-state index contributed by atoms with van der Waals surface area (Å²) < 4.78 is 10.8. The Hall–Kier alpha value is -4.38. The maximum absolute atomic E-state index is 6.36. The molecule has 0 aliphatic carbocycles. The number of aromatic nitrogens is 4. The SMILES string of the molecule is c1ccc(-n2c3ccccc3c3ccc(Oc4ccc5c(c4)-c4nccn4CC5)cc32)nc1. The van der Waals surface area contributed by atoms with Gasteiger partial charge in [-0.15, -0.1) is 0 Å². The Morgan fingerprint density at radius 2 is 1.58 bits per heavy atom. The molecule has 1 aliphatic rings. The van der Waals surface area contributed by atoms with E-state index in [9.17, 15) is 0 Å². The summed E-state index contributed by atoms with van der Waals surface area (Å²) >= 11 is 0. The van der Waals surface area contributed by atoms with Gasteiger partial charge >= 0.3 is 0 Å². The summed E-state index contributed by atoms with van der Waals surface area (Å²) in [6, 6.07) is 27.0. The van der Waals surface area contributed by atoms with E-state index >= 15 is 0 Å². The van der Waals surface area contributed by atoms with Crippen LogP contribution in [-0.4, -0.2) is 19.1 Å². The number of pyridine rings is 1. The van der Waals surface area contributed by atoms with Crippen LogP contribution in [0.1, 0.15) is 5.56 Å². The van der Waals surface area contributed by atoms with Gasteiger partial charge in [0, 0.05) is 47.5 Å². The van der Waals surface area contributed by atoms with Crippen LogP contribution in [-0.2, 0) is 13.0 Å². The van der Waals surface area contributed by atoms with Crippen molar-refractivity contribution in [3.8, 4) is 28.7 Å². The third-order valence-electron chi connectivity index (χ3n) is 6.42. The lowest BCUT2D eigenvalue weighted by atomic mass is 10.0. The minimum atomic E-state index is 0.793. The first-order valence-electron chi connectivity index (χ1n) is 11.1. The van der Waals surface area contributed by atoms with Gasteiger partial charge in [-0.25, -0.2) is 9.97 Å². The van der Waals surface area contributed by atoms with Crippen molar-refractivity contribution in [2.45, 2.75) is 13.0 Å². The monoisotopic (exact) mass is 428 g/mol. The van der Waals surface area contributed by atoms with Gasteiger partial charge < -0.3 is 9.30 Å². The lowest BCUT2D eigenvalue weighted by Gasteiger charge is -2.19. The second-order valence-corrected chi connectivity index (χ2v) is 8.33. The van der Waals surface area contributed by atoms with Crippen molar-refractivity contribution in [3.05, 3.63) is 103 Å². The average molecular weight is 428 g/mol. The first-order valence-corrected chi connectivity index (χ1v) is 11.1. The third kappa shape index (κ3) is 2.86. The van der Waals surface area contributed by atoms with E-state index in [4.69, 9.17) is 4.74 Å². The number of fused-ring (bicyclic) bond motifs is 6. The van der Waals surface area contributed by atoms with Crippen molar-refractivity contribution in [3.63, 3.8) is 0 Å². The molecule has 0 amide bonds. The molecule has 33 heavy (non-hydrogen) atoms. The Bertz CT molecular complexity index is 1650. The molecule has 7 rings (SSSR count). The number of rotatable bonds is 3. The van der Waals surface area contributed by atoms with Crippen molar-refractivity contribution in [2.24, 2.45) is 0 Å². The fraction of sp³-hybridized carbons (Fsp3) is 0.0714. The van der Waals surface area contributed by atoms with Gasteiger partial charge in [0.1, 0.15) is 23.1 Å². The molecule has 0 spiro atoms. The summed E-state index contributed by atoms with van der Waals surface area (Å²) in [6.07, 6.45) is 6.74. The van der Waals surface area contributed by atoms with E-state index in [1.807, 2.05) is 42.9 Å². The molecule has 0 saturated carbocycles. The number of nitrogens with zero attached hydrogens (tertiary/aromatic N) is 4. The number of benzene rings is 3. The van der Waals surface area contributed by atoms with Gasteiger partial charge in [-0.3, -0.25) is 4.57 Å². The molecule has 1 aliphatic heterocycles. The Morgan fingerprint density at radius 1 is 0.727 bits per heavy atom. The van der Waals surface area contributed by atoms with Gasteiger partial charge in [0.15, 0.2) is 0 Å². The molecule has 5 heteroatoms. The Balaban J connectivity index is 1.35. The van der Waals surface area contributed by atoms with Crippen molar-refractivity contribution in [1.82, 2.24) is 19.1 Å². The standard InChI is InChI=1S/C28H20N4O/c1-2-6-25-22(5-1)23-11-10-21(18-26(23)32(25)27-7-3-4-13-29-27)33-20-9-8-19-12-15-31-16-14-30-28(31)24(19)17-20/h1-11,13-14,16-18H,12,15H2. The molecule has 0 bridgehead atoms. The van der Waals surface area contributed by atoms with Crippen LogP contribution in [0.2, 0.25) is 0 Å². The van der Waals surface area contributed by atoms with E-state index in [1.54, 1.807) is 0 Å². The first kappa shape index (κ1) is 18.2. The molecule has 6 aromatic rings. The Labute approximate surface area is 190 Å². The summed E-state index contributed by atoms with van der Waals surface area (Å²) in [4.78, 5) is 9.17. The summed E-state index contributed by atoms with van der Waals surface area (Å²) in [5.41, 5.74) is 4.66. The fourth-order valence-electron chi connectivity index (χ4n) is 4.90. The minimum absolute atomic E-state index is 0.793. The van der Waals surface area contributed by atoms with Gasteiger partial charge in [0.25, 0.3) is 0 Å². The highest BCUT2D eigenvalue weighted by Crippen LogP contribution is 2.36. The molecule has 4 heterocycles. The summed E-state index contributed by atoms with van der Waals surface area (Å²) in [5.74, 6) is 3.50. The number of hydrogen-bond donors (Lipinski definition) is 0. The maximum atomic E-state index is 6.36. The second kappa shape index (κ2) is 7.07. The zero-order valence-electron chi connectivity index (χ0n) is 17.8. The van der Waals surface area contributed by atoms with Crippen molar-refractivity contribution < 1.29 is 4.74 Å². The van der Waals surface area contributed by atoms with Crippen molar-refractivity contribution in [2.75, 3.05) is 0 Å². The molecule has 0 N–H and O–H groups in total. The average Bonchev–Trinajstić information content (AvgIpc) is 3.47. The van der Waals surface area contributed by atoms with Gasteiger partial charge in [-0.05, 0) is 54.4 Å². The van der Waals surface area contributed by atoms with Crippen molar-refractivity contribution >= 4 is 21.8 Å². The van der Waals surface area contributed by atoms with Crippen LogP contribution in [0.25, 0.3) is 39.0 Å². The number of ether oxygens (including phenoxy) is 1. The summed E-state index contributed by atoms with van der Waals surface area (Å²) in [5, 5.41) is 2.38. The van der Waals surface area contributed by atoms with E-state index in [-0.39, 0.29) is 0 Å². The molecule has 3 aromatic carbocycles. The van der Waals surface area contributed by atoms with E-state index in [2.05, 4.69) is 73.7 Å². The Morgan fingerprint density at radius 3 is 2.52 bits per heavy atom. The predicted molar refractivity (Wildman–Crippen MR) is 130 cm³/mol. The zero-order chi connectivity index (χ0) is 21.8. The number of hydrogen-bond acceptors (Lipinski definition) is 3. The number of para-hydroxylation sites is 1. The molecule has 158 valence electrons.